The van der Waals surface area contributed by atoms with Crippen molar-refractivity contribution in [3.05, 3.63) is 29.8 Å². The van der Waals surface area contributed by atoms with E-state index in [1.54, 1.807) is 14.2 Å². The minimum absolute atomic E-state index is 0.764. The van der Waals surface area contributed by atoms with E-state index < -0.39 is 0 Å². The smallest absolute Gasteiger partial charge is 0.168 e. The van der Waals surface area contributed by atoms with Crippen molar-refractivity contribution in [2.75, 3.05) is 14.2 Å². The maximum absolute atomic E-state index is 5.32. The Morgan fingerprint density at radius 2 is 1.71 bits per heavy atom. The van der Waals surface area contributed by atoms with E-state index in [1.807, 2.05) is 26.0 Å². The molecule has 0 saturated carbocycles. The summed E-state index contributed by atoms with van der Waals surface area (Å²) < 4.78 is 10.6. The molecule has 14 heavy (non-hydrogen) atoms. The Morgan fingerprint density at radius 3 is 2.14 bits per heavy atom. The van der Waals surface area contributed by atoms with E-state index in [0.717, 1.165) is 28.2 Å². The number of allylic oxidation sites excluding steroid dienone is 1. The van der Waals surface area contributed by atoms with E-state index in [0.29, 0.717) is 0 Å². The molecule has 0 aromatic heterocycles. The van der Waals surface area contributed by atoms with Gasteiger partial charge in [-0.15, -0.1) is 0 Å². The zero-order chi connectivity index (χ0) is 10.7. The molecule has 0 fully saturated rings. The van der Waals surface area contributed by atoms with Crippen LogP contribution in [0.25, 0.3) is 5.57 Å². The Bertz CT molecular complexity index is 354. The number of hydrogen-bond donors (Lipinski definition) is 0. The minimum atomic E-state index is 0.764. The van der Waals surface area contributed by atoms with Crippen LogP contribution in [-0.2, 0) is 0 Å². The maximum atomic E-state index is 5.32. The first-order valence-electron chi connectivity index (χ1n) is 4.49. The summed E-state index contributed by atoms with van der Waals surface area (Å²) in [7, 11) is 3.29. The van der Waals surface area contributed by atoms with Crippen LogP contribution in [0.2, 0.25) is 0 Å². The number of hydrogen-bond acceptors (Lipinski definition) is 2. The number of benzene rings is 1. The van der Waals surface area contributed by atoms with Crippen molar-refractivity contribution in [1.82, 2.24) is 0 Å². The molecule has 76 valence electrons. The zero-order valence-electron chi connectivity index (χ0n) is 9.18. The maximum Gasteiger partial charge on any atom is 0.168 e. The van der Waals surface area contributed by atoms with Gasteiger partial charge in [-0.2, -0.15) is 0 Å². The topological polar surface area (TPSA) is 18.5 Å². The summed E-state index contributed by atoms with van der Waals surface area (Å²) in [4.78, 5) is 0. The van der Waals surface area contributed by atoms with Gasteiger partial charge in [-0.05, 0) is 25.0 Å². The van der Waals surface area contributed by atoms with Crippen LogP contribution in [0.15, 0.2) is 18.7 Å². The van der Waals surface area contributed by atoms with E-state index in [9.17, 15) is 0 Å². The van der Waals surface area contributed by atoms with Crippen LogP contribution >= 0.6 is 0 Å². The van der Waals surface area contributed by atoms with Gasteiger partial charge in [0.05, 0.1) is 14.2 Å². The van der Waals surface area contributed by atoms with Crippen LogP contribution in [-0.4, -0.2) is 14.2 Å². The Balaban J connectivity index is 3.40. The lowest BCUT2D eigenvalue weighted by Crippen LogP contribution is -1.96. The molecular formula is C12H16O2. The second kappa shape index (κ2) is 4.18. The van der Waals surface area contributed by atoms with Crippen LogP contribution in [0.1, 0.15) is 18.1 Å². The predicted octanol–water partition coefficient (Wildman–Crippen LogP) is 3.05. The van der Waals surface area contributed by atoms with Gasteiger partial charge in [0.1, 0.15) is 0 Å². The van der Waals surface area contributed by atoms with Crippen molar-refractivity contribution in [2.45, 2.75) is 13.8 Å². The summed E-state index contributed by atoms with van der Waals surface area (Å²) in [6.45, 7) is 7.84. The third-order valence-electron chi connectivity index (χ3n) is 2.18. The molecule has 2 heteroatoms. The first-order valence-corrected chi connectivity index (χ1v) is 4.49. The monoisotopic (exact) mass is 192 g/mol. The van der Waals surface area contributed by atoms with E-state index >= 15 is 0 Å². The number of methoxy groups -OCH3 is 2. The van der Waals surface area contributed by atoms with Gasteiger partial charge in [-0.25, -0.2) is 0 Å². The molecule has 0 unspecified atom stereocenters. The fraction of sp³-hybridized carbons (Fsp3) is 0.333. The molecule has 0 atom stereocenters. The van der Waals surface area contributed by atoms with Crippen molar-refractivity contribution in [1.29, 1.82) is 0 Å². The molecule has 1 aromatic rings. The fourth-order valence-electron chi connectivity index (χ4n) is 1.45. The first kappa shape index (κ1) is 10.6. The highest BCUT2D eigenvalue weighted by Gasteiger charge is 2.12. The van der Waals surface area contributed by atoms with E-state index in [1.165, 1.54) is 0 Å². The Morgan fingerprint density at radius 1 is 1.14 bits per heavy atom. The summed E-state index contributed by atoms with van der Waals surface area (Å²) >= 11 is 0. The highest BCUT2D eigenvalue weighted by molar-refractivity contribution is 5.71. The average Bonchev–Trinajstić information content (AvgIpc) is 2.16. The van der Waals surface area contributed by atoms with Crippen LogP contribution in [0.3, 0.4) is 0 Å². The van der Waals surface area contributed by atoms with Gasteiger partial charge < -0.3 is 9.47 Å². The van der Waals surface area contributed by atoms with Gasteiger partial charge in [0, 0.05) is 5.56 Å². The van der Waals surface area contributed by atoms with Crippen LogP contribution in [0, 0.1) is 6.92 Å². The van der Waals surface area contributed by atoms with Crippen LogP contribution in [0.5, 0.6) is 11.5 Å². The van der Waals surface area contributed by atoms with E-state index in [4.69, 9.17) is 9.47 Å². The summed E-state index contributed by atoms with van der Waals surface area (Å²) in [5.41, 5.74) is 3.03. The summed E-state index contributed by atoms with van der Waals surface area (Å²) in [5, 5.41) is 0. The highest BCUT2D eigenvalue weighted by Crippen LogP contribution is 2.37. The molecule has 0 radical (unpaired) electrons. The average molecular weight is 192 g/mol. The molecule has 0 aliphatic heterocycles. The predicted molar refractivity (Wildman–Crippen MR) is 59.0 cm³/mol. The number of rotatable bonds is 3. The Hall–Kier alpha value is -1.44. The summed E-state index contributed by atoms with van der Waals surface area (Å²) in [6.07, 6.45) is 0. The van der Waals surface area contributed by atoms with Crippen molar-refractivity contribution in [3.8, 4) is 11.5 Å². The van der Waals surface area contributed by atoms with E-state index in [-0.39, 0.29) is 0 Å². The SMILES string of the molecule is C=C(C)c1ccc(C)c(OC)c1OC. The lowest BCUT2D eigenvalue weighted by atomic mass is 10.0. The number of aryl methyl sites for hydroxylation is 1. The molecule has 1 aromatic carbocycles. The van der Waals surface area contributed by atoms with Gasteiger partial charge in [-0.1, -0.05) is 18.7 Å². The molecule has 2 nitrogen and oxygen atoms in total. The fourth-order valence-corrected chi connectivity index (χ4v) is 1.45. The molecule has 1 rings (SSSR count). The molecule has 0 aliphatic carbocycles. The summed E-state index contributed by atoms with van der Waals surface area (Å²) in [5.74, 6) is 1.55. The lowest BCUT2D eigenvalue weighted by Gasteiger charge is -2.14. The van der Waals surface area contributed by atoms with Gasteiger partial charge in [0.15, 0.2) is 11.5 Å². The number of ether oxygens (including phenoxy) is 2. The molecule has 0 amide bonds. The molecule has 0 bridgehead atoms. The van der Waals surface area contributed by atoms with Gasteiger partial charge in [-0.3, -0.25) is 0 Å². The second-order valence-corrected chi connectivity index (χ2v) is 3.28. The Labute approximate surface area is 85.2 Å². The molecule has 0 heterocycles. The van der Waals surface area contributed by atoms with Gasteiger partial charge in [0.2, 0.25) is 0 Å². The highest BCUT2D eigenvalue weighted by atomic mass is 16.5. The van der Waals surface area contributed by atoms with Crippen LogP contribution < -0.4 is 9.47 Å². The third kappa shape index (κ3) is 1.74. The van der Waals surface area contributed by atoms with Crippen molar-refractivity contribution < 1.29 is 9.47 Å². The van der Waals surface area contributed by atoms with Crippen molar-refractivity contribution in [3.63, 3.8) is 0 Å². The van der Waals surface area contributed by atoms with Crippen LogP contribution in [0.4, 0.5) is 0 Å². The zero-order valence-corrected chi connectivity index (χ0v) is 9.18. The van der Waals surface area contributed by atoms with Crippen molar-refractivity contribution in [2.24, 2.45) is 0 Å². The third-order valence-corrected chi connectivity index (χ3v) is 2.18. The summed E-state index contributed by atoms with van der Waals surface area (Å²) in [6, 6.07) is 4.00. The van der Waals surface area contributed by atoms with E-state index in [2.05, 4.69) is 6.58 Å². The normalized spacial score (nSPS) is 9.71. The standard InChI is InChI=1S/C12H16O2/c1-8(2)10-7-6-9(3)11(13-4)12(10)14-5/h6-7H,1H2,2-5H3. The first-order chi connectivity index (χ1) is 6.61. The van der Waals surface area contributed by atoms with Gasteiger partial charge >= 0.3 is 0 Å². The molecule has 0 aliphatic rings. The minimum Gasteiger partial charge on any atom is -0.493 e. The molecular weight excluding hydrogens is 176 g/mol. The lowest BCUT2D eigenvalue weighted by molar-refractivity contribution is 0.352. The molecule has 0 N–H and O–H groups in total. The quantitative estimate of drug-likeness (QED) is 0.732. The second-order valence-electron chi connectivity index (χ2n) is 3.28. The molecule has 0 saturated heterocycles. The van der Waals surface area contributed by atoms with Gasteiger partial charge in [0.25, 0.3) is 0 Å². The van der Waals surface area contributed by atoms with Crippen molar-refractivity contribution >= 4 is 5.57 Å². The Kier molecular flexibility index (Phi) is 3.18. The largest absolute Gasteiger partial charge is 0.493 e. The molecule has 0 spiro atoms.